The quantitative estimate of drug-likeness (QED) is 0.769. The molecule has 0 N–H and O–H groups in total. The molecule has 1 heterocycles. The summed E-state index contributed by atoms with van der Waals surface area (Å²) in [4.78, 5) is 26.4. The molecule has 0 spiro atoms. The minimum Gasteiger partial charge on any atom is -0.383 e. The minimum atomic E-state index is -0.639. The highest BCUT2D eigenvalue weighted by Crippen LogP contribution is 2.11. The van der Waals surface area contributed by atoms with E-state index in [2.05, 4.69) is 10.4 Å². The summed E-state index contributed by atoms with van der Waals surface area (Å²) < 4.78 is 6.77. The molecule has 0 saturated carbocycles. The Morgan fingerprint density at radius 1 is 1.30 bits per heavy atom. The summed E-state index contributed by atoms with van der Waals surface area (Å²) in [7, 11) is 1.55. The third-order valence-electron chi connectivity index (χ3n) is 3.24. The molecular weight excluding hydrogens is 322 g/mol. The number of carbonyl (C=O) groups excluding carboxylic acids is 1. The Hall–Kier alpha value is -2.19. The van der Waals surface area contributed by atoms with Crippen LogP contribution in [0.15, 0.2) is 29.1 Å². The second kappa shape index (κ2) is 7.38. The van der Waals surface area contributed by atoms with Crippen LogP contribution >= 0.6 is 11.6 Å². The number of nitrogens with zero attached hydrogens (tertiary/aromatic N) is 5. The van der Waals surface area contributed by atoms with E-state index in [4.69, 9.17) is 16.3 Å². The molecule has 124 valence electrons. The number of halogens is 1. The van der Waals surface area contributed by atoms with Gasteiger partial charge in [0.25, 0.3) is 0 Å². The highest BCUT2D eigenvalue weighted by atomic mass is 35.5. The highest BCUT2D eigenvalue weighted by molar-refractivity contribution is 6.30. The largest absolute Gasteiger partial charge is 0.383 e. The first-order chi connectivity index (χ1) is 11.0. The molecule has 1 aromatic heterocycles. The third kappa shape index (κ3) is 3.77. The zero-order chi connectivity index (χ0) is 17.0. The van der Waals surface area contributed by atoms with E-state index in [9.17, 15) is 9.59 Å². The summed E-state index contributed by atoms with van der Waals surface area (Å²) >= 11 is 5.82. The van der Waals surface area contributed by atoms with Crippen LogP contribution in [0.25, 0.3) is 5.69 Å². The van der Waals surface area contributed by atoms with Crippen molar-refractivity contribution in [3.63, 3.8) is 0 Å². The van der Waals surface area contributed by atoms with E-state index in [1.165, 1.54) is 4.90 Å². The SMILES string of the molecule is COCCN(C(=O)n1nnn(-c2ccc(Cl)cc2)c1=O)C(C)C. The molecule has 0 aliphatic heterocycles. The number of aromatic nitrogens is 4. The number of carbonyl (C=O) groups is 1. The molecular formula is C14H18ClN5O3. The predicted octanol–water partition coefficient (Wildman–Crippen LogP) is 1.41. The Morgan fingerprint density at radius 3 is 2.52 bits per heavy atom. The van der Waals surface area contributed by atoms with Gasteiger partial charge in [0.05, 0.1) is 12.3 Å². The lowest BCUT2D eigenvalue weighted by atomic mass is 10.3. The average molecular weight is 340 g/mol. The van der Waals surface area contributed by atoms with Crippen LogP contribution in [0.5, 0.6) is 0 Å². The van der Waals surface area contributed by atoms with Crippen LogP contribution in [0.1, 0.15) is 13.8 Å². The second-order valence-corrected chi connectivity index (χ2v) is 5.56. The average Bonchev–Trinajstić information content (AvgIpc) is 2.89. The fraction of sp³-hybridized carbons (Fsp3) is 0.429. The first kappa shape index (κ1) is 17.2. The Kier molecular flexibility index (Phi) is 5.51. The van der Waals surface area contributed by atoms with Crippen LogP contribution in [0, 0.1) is 0 Å². The summed E-state index contributed by atoms with van der Waals surface area (Å²) in [6.07, 6.45) is 0. The molecule has 0 saturated heterocycles. The molecule has 0 fully saturated rings. The number of hydrogen-bond acceptors (Lipinski definition) is 5. The second-order valence-electron chi connectivity index (χ2n) is 5.12. The summed E-state index contributed by atoms with van der Waals surface area (Å²) in [5.41, 5.74) is -0.160. The maximum atomic E-state index is 12.5. The molecule has 23 heavy (non-hydrogen) atoms. The van der Waals surface area contributed by atoms with Gasteiger partial charge >= 0.3 is 11.7 Å². The fourth-order valence-electron chi connectivity index (χ4n) is 2.00. The van der Waals surface area contributed by atoms with E-state index in [0.717, 1.165) is 9.36 Å². The molecule has 2 rings (SSSR count). The van der Waals surface area contributed by atoms with Crippen molar-refractivity contribution in [1.82, 2.24) is 24.7 Å². The summed E-state index contributed by atoms with van der Waals surface area (Å²) in [6, 6.07) is 5.86. The number of rotatable bonds is 5. The number of tetrazole rings is 1. The van der Waals surface area contributed by atoms with Gasteiger partial charge in [-0.15, -0.1) is 4.68 Å². The summed E-state index contributed by atoms with van der Waals surface area (Å²) in [6.45, 7) is 4.42. The van der Waals surface area contributed by atoms with Gasteiger partial charge in [-0.05, 0) is 48.5 Å². The number of hydrogen-bond donors (Lipinski definition) is 0. The van der Waals surface area contributed by atoms with Gasteiger partial charge in [0, 0.05) is 24.7 Å². The van der Waals surface area contributed by atoms with Gasteiger partial charge in [0.2, 0.25) is 0 Å². The lowest BCUT2D eigenvalue weighted by molar-refractivity contribution is 0.135. The van der Waals surface area contributed by atoms with Crippen molar-refractivity contribution in [2.45, 2.75) is 19.9 Å². The van der Waals surface area contributed by atoms with Crippen molar-refractivity contribution in [2.75, 3.05) is 20.3 Å². The molecule has 1 aromatic carbocycles. The van der Waals surface area contributed by atoms with Crippen molar-refractivity contribution in [3.05, 3.63) is 39.8 Å². The molecule has 0 radical (unpaired) electrons. The van der Waals surface area contributed by atoms with Gasteiger partial charge in [-0.1, -0.05) is 11.6 Å². The van der Waals surface area contributed by atoms with Gasteiger partial charge in [-0.2, -0.15) is 4.68 Å². The van der Waals surface area contributed by atoms with Crippen LogP contribution in [-0.2, 0) is 4.74 Å². The molecule has 2 aromatic rings. The molecule has 0 aliphatic rings. The summed E-state index contributed by atoms with van der Waals surface area (Å²) in [5.74, 6) is 0. The Balaban J connectivity index is 2.32. The standard InChI is InChI=1S/C14H18ClN5O3/c1-10(2)18(8-9-23-3)13(21)20-14(22)19(16-17-20)12-6-4-11(15)5-7-12/h4-7,10H,8-9H2,1-3H3. The lowest BCUT2D eigenvalue weighted by Crippen LogP contribution is -2.45. The molecule has 9 heteroatoms. The lowest BCUT2D eigenvalue weighted by Gasteiger charge is -2.25. The van der Waals surface area contributed by atoms with Crippen molar-refractivity contribution in [3.8, 4) is 5.69 Å². The third-order valence-corrected chi connectivity index (χ3v) is 3.49. The van der Waals surface area contributed by atoms with Gasteiger partial charge in [-0.3, -0.25) is 0 Å². The van der Waals surface area contributed by atoms with Crippen molar-refractivity contribution in [1.29, 1.82) is 0 Å². The van der Waals surface area contributed by atoms with E-state index in [-0.39, 0.29) is 6.04 Å². The van der Waals surface area contributed by atoms with E-state index >= 15 is 0 Å². The molecule has 0 atom stereocenters. The van der Waals surface area contributed by atoms with Gasteiger partial charge < -0.3 is 9.64 Å². The van der Waals surface area contributed by atoms with E-state index in [1.54, 1.807) is 31.4 Å². The first-order valence-electron chi connectivity index (χ1n) is 7.06. The zero-order valence-corrected chi connectivity index (χ0v) is 13.9. The predicted molar refractivity (Wildman–Crippen MR) is 85.1 cm³/mol. The van der Waals surface area contributed by atoms with Crippen LogP contribution in [0.2, 0.25) is 5.02 Å². The molecule has 8 nitrogen and oxygen atoms in total. The molecule has 0 unspecified atom stereocenters. The first-order valence-corrected chi connectivity index (χ1v) is 7.44. The van der Waals surface area contributed by atoms with Crippen LogP contribution in [0.4, 0.5) is 4.79 Å². The molecule has 0 bridgehead atoms. The van der Waals surface area contributed by atoms with E-state index < -0.39 is 11.7 Å². The van der Waals surface area contributed by atoms with Gasteiger partial charge in [0.1, 0.15) is 0 Å². The minimum absolute atomic E-state index is 0.106. The smallest absolute Gasteiger partial charge is 0.377 e. The van der Waals surface area contributed by atoms with E-state index in [1.807, 2.05) is 13.8 Å². The van der Waals surface area contributed by atoms with Crippen molar-refractivity contribution < 1.29 is 9.53 Å². The fourth-order valence-corrected chi connectivity index (χ4v) is 2.12. The number of amides is 1. The maximum absolute atomic E-state index is 12.5. The maximum Gasteiger partial charge on any atom is 0.377 e. The van der Waals surface area contributed by atoms with E-state index in [0.29, 0.717) is 23.9 Å². The van der Waals surface area contributed by atoms with Crippen molar-refractivity contribution in [2.24, 2.45) is 0 Å². The Labute approximate surface area is 138 Å². The molecule has 1 amide bonds. The van der Waals surface area contributed by atoms with Gasteiger partial charge in [-0.25, -0.2) is 9.59 Å². The zero-order valence-electron chi connectivity index (χ0n) is 13.1. The van der Waals surface area contributed by atoms with Crippen LogP contribution in [0.3, 0.4) is 0 Å². The Bertz CT molecular complexity index is 723. The van der Waals surface area contributed by atoms with Gasteiger partial charge in [0.15, 0.2) is 0 Å². The number of methoxy groups -OCH3 is 1. The highest BCUT2D eigenvalue weighted by Gasteiger charge is 2.23. The molecule has 0 aliphatic carbocycles. The summed E-state index contributed by atoms with van der Waals surface area (Å²) in [5, 5.41) is 7.97. The van der Waals surface area contributed by atoms with Crippen molar-refractivity contribution >= 4 is 17.6 Å². The van der Waals surface area contributed by atoms with Crippen LogP contribution < -0.4 is 5.69 Å². The monoisotopic (exact) mass is 339 g/mol. The van der Waals surface area contributed by atoms with Crippen LogP contribution in [-0.4, -0.2) is 57.0 Å². The number of ether oxygens (including phenoxy) is 1. The Morgan fingerprint density at radius 2 is 1.96 bits per heavy atom. The number of benzene rings is 1. The normalized spacial score (nSPS) is 11.0. The topological polar surface area (TPSA) is 82.2 Å².